The van der Waals surface area contributed by atoms with Crippen LogP contribution in [0.2, 0.25) is 0 Å². The molecule has 0 rings (SSSR count). The lowest BCUT2D eigenvalue weighted by Crippen LogP contribution is -2.58. The zero-order valence-electron chi connectivity index (χ0n) is 17.8. The summed E-state index contributed by atoms with van der Waals surface area (Å²) in [6.07, 6.45) is 2.93. The number of carboxylic acids is 1. The van der Waals surface area contributed by atoms with Gasteiger partial charge in [-0.25, -0.2) is 4.79 Å². The molecule has 0 bridgehead atoms. The maximum Gasteiger partial charge on any atom is 0.327 e. The average molecular weight is 512 g/mol. The summed E-state index contributed by atoms with van der Waals surface area (Å²) >= 11 is 9.42. The third-order valence-corrected chi connectivity index (χ3v) is 5.53. The van der Waals surface area contributed by atoms with Crippen molar-refractivity contribution in [3.63, 3.8) is 0 Å². The Morgan fingerprint density at radius 3 is 1.97 bits per heavy atom. The molecule has 15 heteroatoms. The predicted octanol–water partition coefficient (Wildman–Crippen LogP) is -2.48. The second-order valence-electron chi connectivity index (χ2n) is 6.72. The lowest BCUT2D eigenvalue weighted by atomic mass is 10.1. The van der Waals surface area contributed by atoms with Crippen LogP contribution in [0.15, 0.2) is 4.99 Å². The molecule has 12 nitrogen and oxygen atoms in total. The molecule has 0 aromatic carbocycles. The Hall–Kier alpha value is -1.84. The van der Waals surface area contributed by atoms with Gasteiger partial charge in [-0.15, -0.1) is 0 Å². The number of nitrogens with two attached hydrogens (primary N) is 3. The number of nitrogens with one attached hydrogen (secondary N) is 3. The summed E-state index contributed by atoms with van der Waals surface area (Å²) in [5.74, 6) is -2.79. The summed E-state index contributed by atoms with van der Waals surface area (Å²) in [6.45, 7) is 0.321. The number of thioether (sulfide) groups is 1. The van der Waals surface area contributed by atoms with Crippen molar-refractivity contribution in [1.82, 2.24) is 16.0 Å². The first-order valence-corrected chi connectivity index (χ1v) is 12.4. The molecule has 0 aliphatic heterocycles. The molecule has 3 amide bonds. The number of hydrogen-bond donors (Lipinski definition) is 9. The first-order valence-electron chi connectivity index (χ1n) is 9.72. The predicted molar refractivity (Wildman–Crippen MR) is 132 cm³/mol. The summed E-state index contributed by atoms with van der Waals surface area (Å²) in [7, 11) is 0. The Kier molecular flexibility index (Phi) is 15.8. The zero-order chi connectivity index (χ0) is 24.7. The van der Waals surface area contributed by atoms with E-state index in [1.54, 1.807) is 0 Å². The molecule has 0 saturated carbocycles. The molecule has 0 radical (unpaired) electrons. The van der Waals surface area contributed by atoms with Crippen LogP contribution in [0.1, 0.15) is 19.3 Å². The van der Waals surface area contributed by atoms with E-state index in [0.29, 0.717) is 31.6 Å². The molecule has 0 aromatic rings. The van der Waals surface area contributed by atoms with Gasteiger partial charge >= 0.3 is 5.97 Å². The van der Waals surface area contributed by atoms with E-state index in [4.69, 9.17) is 22.3 Å². The number of thiol groups is 2. The minimum atomic E-state index is -1.25. The van der Waals surface area contributed by atoms with Crippen molar-refractivity contribution in [2.24, 2.45) is 22.2 Å². The summed E-state index contributed by atoms with van der Waals surface area (Å²) in [5, 5.41) is 16.4. The maximum atomic E-state index is 12.7. The number of guanidine groups is 1. The van der Waals surface area contributed by atoms with Crippen molar-refractivity contribution < 1.29 is 24.3 Å². The fourth-order valence-corrected chi connectivity index (χ4v) is 3.33. The Morgan fingerprint density at radius 2 is 1.47 bits per heavy atom. The summed E-state index contributed by atoms with van der Waals surface area (Å²) in [4.78, 5) is 52.4. The largest absolute Gasteiger partial charge is 0.480 e. The van der Waals surface area contributed by atoms with Gasteiger partial charge in [0.2, 0.25) is 17.7 Å². The van der Waals surface area contributed by atoms with Crippen LogP contribution in [0.25, 0.3) is 0 Å². The Morgan fingerprint density at radius 1 is 0.938 bits per heavy atom. The van der Waals surface area contributed by atoms with E-state index in [-0.39, 0.29) is 17.5 Å². The number of hydrogen-bond acceptors (Lipinski definition) is 9. The number of aliphatic carboxylic acids is 1. The van der Waals surface area contributed by atoms with Gasteiger partial charge in [0.15, 0.2) is 5.96 Å². The first-order chi connectivity index (χ1) is 15.1. The van der Waals surface area contributed by atoms with Gasteiger partial charge in [-0.1, -0.05) is 0 Å². The van der Waals surface area contributed by atoms with Gasteiger partial charge in [-0.05, 0) is 31.3 Å². The molecule has 0 spiro atoms. The molecule has 4 unspecified atom stereocenters. The van der Waals surface area contributed by atoms with Crippen molar-refractivity contribution in [1.29, 1.82) is 0 Å². The van der Waals surface area contributed by atoms with Crippen LogP contribution in [-0.2, 0) is 19.2 Å². The number of nitrogens with zero attached hydrogens (tertiary/aromatic N) is 1. The number of aliphatic imine (C=N–C) groups is 1. The van der Waals surface area contributed by atoms with Gasteiger partial charge in [-0.2, -0.15) is 37.0 Å². The van der Waals surface area contributed by atoms with Crippen LogP contribution in [0.4, 0.5) is 0 Å². The minimum absolute atomic E-state index is 0.0522. The van der Waals surface area contributed by atoms with E-state index in [1.165, 1.54) is 11.8 Å². The fraction of sp³-hybridized carbons (Fsp3) is 0.706. The second-order valence-corrected chi connectivity index (χ2v) is 8.44. The third-order valence-electron chi connectivity index (χ3n) is 4.16. The van der Waals surface area contributed by atoms with Crippen LogP contribution in [-0.4, -0.2) is 89.0 Å². The Balaban J connectivity index is 5.02. The Labute approximate surface area is 202 Å². The summed E-state index contributed by atoms with van der Waals surface area (Å²) in [6, 6.07) is -4.12. The van der Waals surface area contributed by atoms with E-state index in [9.17, 15) is 19.2 Å². The third kappa shape index (κ3) is 12.3. The SMILES string of the molecule is CSCCC(NC(=O)C(N)CCCN=C(N)N)C(=O)NC(CS)C(=O)NC(CS)C(=O)O. The van der Waals surface area contributed by atoms with Crippen molar-refractivity contribution >= 4 is 66.7 Å². The second kappa shape index (κ2) is 16.7. The maximum absolute atomic E-state index is 12.7. The summed E-state index contributed by atoms with van der Waals surface area (Å²) in [5.41, 5.74) is 16.4. The van der Waals surface area contributed by atoms with Crippen LogP contribution >= 0.6 is 37.0 Å². The van der Waals surface area contributed by atoms with Gasteiger partial charge in [0.25, 0.3) is 0 Å². The quantitative estimate of drug-likeness (QED) is 0.0463. The van der Waals surface area contributed by atoms with Crippen LogP contribution in [0.3, 0.4) is 0 Å². The topological polar surface area (TPSA) is 215 Å². The lowest BCUT2D eigenvalue weighted by molar-refractivity contribution is -0.141. The number of carbonyl (C=O) groups is 4. The molecule has 32 heavy (non-hydrogen) atoms. The summed E-state index contributed by atoms with van der Waals surface area (Å²) < 4.78 is 0. The highest BCUT2D eigenvalue weighted by atomic mass is 32.2. The van der Waals surface area contributed by atoms with Crippen molar-refractivity contribution in [2.75, 3.05) is 30.1 Å². The van der Waals surface area contributed by atoms with E-state index >= 15 is 0 Å². The average Bonchev–Trinajstić information content (AvgIpc) is 2.74. The molecule has 0 aliphatic rings. The molecule has 0 heterocycles. The lowest BCUT2D eigenvalue weighted by Gasteiger charge is -2.24. The van der Waals surface area contributed by atoms with E-state index in [0.717, 1.165) is 0 Å². The molecular formula is C17H33N7O5S3. The molecular weight excluding hydrogens is 478 g/mol. The van der Waals surface area contributed by atoms with Gasteiger partial charge in [0, 0.05) is 18.1 Å². The monoisotopic (exact) mass is 511 g/mol. The highest BCUT2D eigenvalue weighted by Crippen LogP contribution is 2.04. The smallest absolute Gasteiger partial charge is 0.327 e. The van der Waals surface area contributed by atoms with Gasteiger partial charge in [-0.3, -0.25) is 19.4 Å². The molecule has 0 saturated heterocycles. The standard InChI is InChI=1S/C17H33N7O5S3/c1-32-6-4-10(22-13(25)9(18)3-2-5-21-17(19)20)14(26)23-11(7-30)15(27)24-12(8-31)16(28)29/h9-12,30-31H,2-8,18H2,1H3,(H,22,25)(H,23,26)(H,24,27)(H,28,29)(H4,19,20,21). The van der Waals surface area contributed by atoms with Crippen LogP contribution < -0.4 is 33.2 Å². The van der Waals surface area contributed by atoms with Crippen molar-refractivity contribution in [2.45, 2.75) is 43.4 Å². The number of rotatable bonds is 16. The molecule has 184 valence electrons. The molecule has 0 aromatic heterocycles. The first kappa shape index (κ1) is 30.2. The van der Waals surface area contributed by atoms with Crippen molar-refractivity contribution in [3.8, 4) is 0 Å². The number of carbonyl (C=O) groups excluding carboxylic acids is 3. The van der Waals surface area contributed by atoms with Crippen LogP contribution in [0, 0.1) is 0 Å². The van der Waals surface area contributed by atoms with Crippen molar-refractivity contribution in [3.05, 3.63) is 0 Å². The fourth-order valence-electron chi connectivity index (χ4n) is 2.36. The van der Waals surface area contributed by atoms with E-state index in [1.807, 2.05) is 6.26 Å². The van der Waals surface area contributed by atoms with E-state index < -0.39 is 47.9 Å². The molecule has 10 N–H and O–H groups in total. The minimum Gasteiger partial charge on any atom is -0.480 e. The van der Waals surface area contributed by atoms with E-state index in [2.05, 4.69) is 46.2 Å². The van der Waals surface area contributed by atoms with Gasteiger partial charge in [0.1, 0.15) is 18.1 Å². The van der Waals surface area contributed by atoms with Crippen LogP contribution in [0.5, 0.6) is 0 Å². The van der Waals surface area contributed by atoms with Gasteiger partial charge in [0.05, 0.1) is 6.04 Å². The highest BCUT2D eigenvalue weighted by Gasteiger charge is 2.29. The normalized spacial score (nSPS) is 14.4. The molecule has 4 atom stereocenters. The number of carboxylic acid groups (broad SMARTS) is 1. The number of amides is 3. The molecule has 0 fully saturated rings. The Bertz CT molecular complexity index is 664. The van der Waals surface area contributed by atoms with Gasteiger partial charge < -0.3 is 38.3 Å². The zero-order valence-corrected chi connectivity index (χ0v) is 20.4. The molecule has 0 aliphatic carbocycles. The highest BCUT2D eigenvalue weighted by molar-refractivity contribution is 7.98.